The lowest BCUT2D eigenvalue weighted by molar-refractivity contribution is -0.130. The average Bonchev–Trinajstić information content (AvgIpc) is 2.89. The first-order chi connectivity index (χ1) is 12.2. The largest absolute Gasteiger partial charge is 0.448 e. The van der Waals surface area contributed by atoms with Gasteiger partial charge in [0.2, 0.25) is 0 Å². The van der Waals surface area contributed by atoms with E-state index in [9.17, 15) is 14.4 Å². The number of urea groups is 1. The van der Waals surface area contributed by atoms with Gasteiger partial charge in [-0.3, -0.25) is 10.1 Å². The number of hydrogen-bond acceptors (Lipinski definition) is 6. The maximum atomic E-state index is 12.3. The molecule has 0 aromatic carbocycles. The van der Waals surface area contributed by atoms with E-state index in [0.717, 1.165) is 11.4 Å². The number of esters is 1. The van der Waals surface area contributed by atoms with Crippen molar-refractivity contribution in [2.75, 3.05) is 0 Å². The molecule has 3 N–H and O–H groups in total. The third kappa shape index (κ3) is 4.44. The topological polar surface area (TPSA) is 129 Å². The van der Waals surface area contributed by atoms with Gasteiger partial charge in [-0.25, -0.2) is 19.3 Å². The molecule has 138 valence electrons. The Morgan fingerprint density at radius 1 is 1.23 bits per heavy atom. The number of aryl methyl sites for hydroxylation is 2. The normalized spacial score (nSPS) is 11.9. The number of carbonyl (C=O) groups excluding carboxylic acids is 3. The Balaban J connectivity index is 2.14. The maximum Gasteiger partial charge on any atom is 0.340 e. The monoisotopic (exact) mass is 359 g/mol. The van der Waals surface area contributed by atoms with Gasteiger partial charge in [-0.05, 0) is 38.0 Å². The lowest BCUT2D eigenvalue weighted by Crippen LogP contribution is -2.45. The smallest absolute Gasteiger partial charge is 0.340 e. The number of rotatable bonds is 5. The van der Waals surface area contributed by atoms with Crippen LogP contribution in [-0.4, -0.2) is 38.8 Å². The molecule has 0 saturated carbocycles. The number of nitrogens with two attached hydrogens (primary N) is 1. The van der Waals surface area contributed by atoms with E-state index in [1.165, 1.54) is 12.3 Å². The molecule has 0 fully saturated rings. The van der Waals surface area contributed by atoms with E-state index >= 15 is 0 Å². The third-order valence-corrected chi connectivity index (χ3v) is 3.55. The fraction of sp³-hybridized carbons (Fsp3) is 0.353. The molecule has 9 heteroatoms. The third-order valence-electron chi connectivity index (χ3n) is 3.55. The van der Waals surface area contributed by atoms with Gasteiger partial charge in [0, 0.05) is 11.9 Å². The molecule has 0 saturated heterocycles. The second-order valence-corrected chi connectivity index (χ2v) is 6.17. The van der Waals surface area contributed by atoms with Crippen LogP contribution in [0.25, 0.3) is 5.82 Å². The van der Waals surface area contributed by atoms with Crippen LogP contribution in [0, 0.1) is 19.8 Å². The van der Waals surface area contributed by atoms with Crippen molar-refractivity contribution >= 4 is 17.9 Å². The summed E-state index contributed by atoms with van der Waals surface area (Å²) in [5.74, 6) is -1.29. The van der Waals surface area contributed by atoms with Crippen LogP contribution in [0.2, 0.25) is 0 Å². The molecule has 2 heterocycles. The first-order valence-electron chi connectivity index (χ1n) is 8.00. The fourth-order valence-corrected chi connectivity index (χ4v) is 2.36. The number of amides is 3. The Kier molecular flexibility index (Phi) is 5.71. The predicted molar refractivity (Wildman–Crippen MR) is 92.6 cm³/mol. The summed E-state index contributed by atoms with van der Waals surface area (Å²) in [6.07, 6.45) is 0.197. The van der Waals surface area contributed by atoms with Gasteiger partial charge in [0.05, 0.1) is 11.3 Å². The standard InChI is InChI=1S/C17H21N5O4/c1-9(2)14(15(23)20-17(18)25)26-16(24)12-5-6-13(19-8-12)22-11(4)7-10(3)21-22/h5-9,14H,1-4H3,(H3,18,20,23,25). The lowest BCUT2D eigenvalue weighted by Gasteiger charge is -2.19. The Morgan fingerprint density at radius 2 is 1.92 bits per heavy atom. The second kappa shape index (κ2) is 7.77. The maximum absolute atomic E-state index is 12.3. The summed E-state index contributed by atoms with van der Waals surface area (Å²) < 4.78 is 6.87. The van der Waals surface area contributed by atoms with Crippen molar-refractivity contribution in [2.45, 2.75) is 33.8 Å². The van der Waals surface area contributed by atoms with Gasteiger partial charge in [0.1, 0.15) is 0 Å². The number of nitrogens with zero attached hydrogens (tertiary/aromatic N) is 3. The number of primary amides is 1. The van der Waals surface area contributed by atoms with Crippen molar-refractivity contribution < 1.29 is 19.1 Å². The molecular formula is C17H21N5O4. The Bertz CT molecular complexity index is 826. The van der Waals surface area contributed by atoms with Crippen molar-refractivity contribution in [3.63, 3.8) is 0 Å². The molecule has 0 radical (unpaired) electrons. The summed E-state index contributed by atoms with van der Waals surface area (Å²) in [4.78, 5) is 39.3. The number of nitrogens with one attached hydrogen (secondary N) is 1. The minimum Gasteiger partial charge on any atom is -0.448 e. The molecule has 0 spiro atoms. The quantitative estimate of drug-likeness (QED) is 0.773. The number of imide groups is 1. The summed E-state index contributed by atoms with van der Waals surface area (Å²) >= 11 is 0. The molecule has 3 amide bonds. The minimum absolute atomic E-state index is 0.174. The highest BCUT2D eigenvalue weighted by atomic mass is 16.5. The Labute approximate surface area is 150 Å². The number of aromatic nitrogens is 3. The second-order valence-electron chi connectivity index (χ2n) is 6.17. The molecule has 0 aliphatic carbocycles. The molecule has 1 atom stereocenters. The van der Waals surface area contributed by atoms with Crippen LogP contribution in [0.5, 0.6) is 0 Å². The fourth-order valence-electron chi connectivity index (χ4n) is 2.36. The highest BCUT2D eigenvalue weighted by Crippen LogP contribution is 2.13. The number of hydrogen-bond donors (Lipinski definition) is 2. The lowest BCUT2D eigenvalue weighted by atomic mass is 10.1. The van der Waals surface area contributed by atoms with Gasteiger partial charge in [-0.2, -0.15) is 5.10 Å². The molecule has 0 aliphatic heterocycles. The zero-order valence-electron chi connectivity index (χ0n) is 15.0. The van der Waals surface area contributed by atoms with Crippen molar-refractivity contribution in [3.05, 3.63) is 41.3 Å². The highest BCUT2D eigenvalue weighted by Gasteiger charge is 2.28. The van der Waals surface area contributed by atoms with Crippen LogP contribution >= 0.6 is 0 Å². The highest BCUT2D eigenvalue weighted by molar-refractivity contribution is 5.98. The summed E-state index contributed by atoms with van der Waals surface area (Å²) in [5.41, 5.74) is 6.87. The molecule has 2 aromatic heterocycles. The predicted octanol–water partition coefficient (Wildman–Crippen LogP) is 1.26. The first kappa shape index (κ1) is 19.1. The van der Waals surface area contributed by atoms with E-state index in [-0.39, 0.29) is 11.5 Å². The van der Waals surface area contributed by atoms with Crippen molar-refractivity contribution in [1.82, 2.24) is 20.1 Å². The van der Waals surface area contributed by atoms with Crippen molar-refractivity contribution in [3.8, 4) is 5.82 Å². The van der Waals surface area contributed by atoms with Gasteiger partial charge in [0.25, 0.3) is 5.91 Å². The van der Waals surface area contributed by atoms with E-state index in [2.05, 4.69) is 10.1 Å². The zero-order valence-corrected chi connectivity index (χ0v) is 15.0. The summed E-state index contributed by atoms with van der Waals surface area (Å²) in [7, 11) is 0. The average molecular weight is 359 g/mol. The van der Waals surface area contributed by atoms with Crippen molar-refractivity contribution in [2.24, 2.45) is 11.7 Å². The molecule has 26 heavy (non-hydrogen) atoms. The Hall–Kier alpha value is -3.23. The van der Waals surface area contributed by atoms with Crippen LogP contribution in [0.1, 0.15) is 35.6 Å². The first-order valence-corrected chi connectivity index (χ1v) is 8.00. The van der Waals surface area contributed by atoms with Crippen LogP contribution in [0.3, 0.4) is 0 Å². The number of pyridine rings is 1. The van der Waals surface area contributed by atoms with Gasteiger partial charge in [-0.15, -0.1) is 0 Å². The van der Waals surface area contributed by atoms with Crippen LogP contribution in [-0.2, 0) is 9.53 Å². The van der Waals surface area contributed by atoms with Gasteiger partial charge < -0.3 is 10.5 Å². The van der Waals surface area contributed by atoms with Gasteiger partial charge in [-0.1, -0.05) is 13.8 Å². The summed E-state index contributed by atoms with van der Waals surface area (Å²) in [6, 6.07) is 4.07. The SMILES string of the molecule is Cc1cc(C)n(-c2ccc(C(=O)OC(C(=O)NC(N)=O)C(C)C)cn2)n1. The summed E-state index contributed by atoms with van der Waals surface area (Å²) in [6.45, 7) is 7.14. The van der Waals surface area contributed by atoms with E-state index in [0.29, 0.717) is 5.82 Å². The van der Waals surface area contributed by atoms with E-state index in [4.69, 9.17) is 10.5 Å². The van der Waals surface area contributed by atoms with Gasteiger partial charge >= 0.3 is 12.0 Å². The Morgan fingerprint density at radius 3 is 2.38 bits per heavy atom. The number of ether oxygens (including phenoxy) is 1. The molecule has 0 bridgehead atoms. The number of carbonyl (C=O) groups is 3. The van der Waals surface area contributed by atoms with Crippen LogP contribution in [0.15, 0.2) is 24.4 Å². The van der Waals surface area contributed by atoms with Crippen molar-refractivity contribution in [1.29, 1.82) is 0 Å². The van der Waals surface area contributed by atoms with E-state index < -0.39 is 24.0 Å². The molecule has 2 aromatic rings. The van der Waals surface area contributed by atoms with E-state index in [1.54, 1.807) is 24.6 Å². The minimum atomic E-state index is -1.15. The molecule has 2 rings (SSSR count). The van der Waals surface area contributed by atoms with Crippen LogP contribution in [0.4, 0.5) is 4.79 Å². The zero-order chi connectivity index (χ0) is 19.4. The van der Waals surface area contributed by atoms with E-state index in [1.807, 2.05) is 25.2 Å². The molecular weight excluding hydrogens is 338 g/mol. The summed E-state index contributed by atoms with van der Waals surface area (Å²) in [5, 5.41) is 6.23. The molecule has 9 nitrogen and oxygen atoms in total. The molecule has 0 aliphatic rings. The van der Waals surface area contributed by atoms with Gasteiger partial charge in [0.15, 0.2) is 11.9 Å². The molecule has 1 unspecified atom stereocenters. The van der Waals surface area contributed by atoms with Crippen LogP contribution < -0.4 is 11.1 Å².